The number of halogens is 1. The molecule has 0 saturated carbocycles. The summed E-state index contributed by atoms with van der Waals surface area (Å²) < 4.78 is 4.96. The molecule has 0 bridgehead atoms. The fraction of sp³-hybridized carbons (Fsp3) is 0.615. The van der Waals surface area contributed by atoms with Crippen molar-refractivity contribution in [1.82, 2.24) is 15.3 Å². The molecular formula is C13H21ClN4O2. The molecule has 1 heterocycles. The molecule has 1 aromatic rings. The van der Waals surface area contributed by atoms with E-state index >= 15 is 0 Å². The normalized spacial score (nSPS) is 10.7. The number of rotatable bonds is 8. The van der Waals surface area contributed by atoms with E-state index in [-0.39, 0.29) is 5.91 Å². The van der Waals surface area contributed by atoms with Gasteiger partial charge in [0.2, 0.25) is 5.91 Å². The van der Waals surface area contributed by atoms with Gasteiger partial charge in [0.1, 0.15) is 17.6 Å². The maximum Gasteiger partial charge on any atom is 0.221 e. The van der Waals surface area contributed by atoms with Crippen LogP contribution in [0.3, 0.4) is 0 Å². The second kappa shape index (κ2) is 8.71. The second-order valence-corrected chi connectivity index (χ2v) is 5.19. The van der Waals surface area contributed by atoms with E-state index in [1.165, 1.54) is 0 Å². The van der Waals surface area contributed by atoms with Gasteiger partial charge < -0.3 is 15.4 Å². The third kappa shape index (κ3) is 6.68. The molecule has 0 aliphatic carbocycles. The minimum absolute atomic E-state index is 0.0171. The van der Waals surface area contributed by atoms with Crippen molar-refractivity contribution < 1.29 is 9.53 Å². The van der Waals surface area contributed by atoms with Gasteiger partial charge in [-0.1, -0.05) is 25.4 Å². The lowest BCUT2D eigenvalue weighted by atomic mass is 10.2. The molecule has 0 radical (unpaired) electrons. The van der Waals surface area contributed by atoms with E-state index in [2.05, 4.69) is 34.4 Å². The lowest BCUT2D eigenvalue weighted by molar-refractivity contribution is -0.120. The fourth-order valence-electron chi connectivity index (χ4n) is 1.46. The van der Waals surface area contributed by atoms with Crippen LogP contribution in [-0.4, -0.2) is 36.1 Å². The van der Waals surface area contributed by atoms with Crippen molar-refractivity contribution in [2.45, 2.75) is 26.9 Å². The minimum atomic E-state index is 0.0171. The van der Waals surface area contributed by atoms with E-state index in [1.54, 1.807) is 13.2 Å². The number of carbonyl (C=O) groups excluding carboxylic acids is 1. The summed E-state index contributed by atoms with van der Waals surface area (Å²) in [4.78, 5) is 19.8. The van der Waals surface area contributed by atoms with Gasteiger partial charge >= 0.3 is 0 Å². The van der Waals surface area contributed by atoms with Gasteiger partial charge in [0.15, 0.2) is 5.82 Å². The summed E-state index contributed by atoms with van der Waals surface area (Å²) in [7, 11) is 1.57. The van der Waals surface area contributed by atoms with Gasteiger partial charge in [-0.05, 0) is 5.92 Å². The van der Waals surface area contributed by atoms with E-state index < -0.39 is 0 Å². The first-order valence-corrected chi connectivity index (χ1v) is 6.92. The Morgan fingerprint density at radius 2 is 2.20 bits per heavy atom. The molecule has 7 heteroatoms. The Hall–Kier alpha value is -1.40. The summed E-state index contributed by atoms with van der Waals surface area (Å²) in [5, 5.41) is 6.25. The molecule has 1 aromatic heterocycles. The maximum atomic E-state index is 11.5. The van der Waals surface area contributed by atoms with E-state index in [0.717, 1.165) is 0 Å². The van der Waals surface area contributed by atoms with Crippen molar-refractivity contribution >= 4 is 23.3 Å². The quantitative estimate of drug-likeness (QED) is 0.717. The van der Waals surface area contributed by atoms with Crippen LogP contribution < -0.4 is 10.6 Å². The van der Waals surface area contributed by atoms with Gasteiger partial charge in [-0.3, -0.25) is 4.79 Å². The third-order valence-electron chi connectivity index (χ3n) is 2.38. The molecule has 0 spiro atoms. The SMILES string of the molecule is COCc1nc(Cl)cc(NCCC(=O)NCC(C)C)n1. The van der Waals surface area contributed by atoms with Crippen molar-refractivity contribution in [2.24, 2.45) is 5.92 Å². The molecule has 20 heavy (non-hydrogen) atoms. The molecule has 0 saturated heterocycles. The highest BCUT2D eigenvalue weighted by Crippen LogP contribution is 2.12. The van der Waals surface area contributed by atoms with Crippen LogP contribution in [-0.2, 0) is 16.1 Å². The number of aromatic nitrogens is 2. The molecule has 0 atom stereocenters. The highest BCUT2D eigenvalue weighted by molar-refractivity contribution is 6.29. The molecule has 0 aromatic carbocycles. The van der Waals surface area contributed by atoms with Gasteiger partial charge in [0.25, 0.3) is 0 Å². The number of nitrogens with one attached hydrogen (secondary N) is 2. The predicted octanol–water partition coefficient (Wildman–Crippen LogP) is 1.85. The number of carbonyl (C=O) groups is 1. The van der Waals surface area contributed by atoms with Crippen molar-refractivity contribution in [2.75, 3.05) is 25.5 Å². The topological polar surface area (TPSA) is 76.1 Å². The number of ether oxygens (including phenoxy) is 1. The number of hydrogen-bond acceptors (Lipinski definition) is 5. The van der Waals surface area contributed by atoms with Crippen LogP contribution in [0.25, 0.3) is 0 Å². The highest BCUT2D eigenvalue weighted by Gasteiger charge is 2.05. The Morgan fingerprint density at radius 1 is 1.45 bits per heavy atom. The number of hydrogen-bond donors (Lipinski definition) is 2. The highest BCUT2D eigenvalue weighted by atomic mass is 35.5. The van der Waals surface area contributed by atoms with Gasteiger partial charge in [-0.2, -0.15) is 0 Å². The molecule has 6 nitrogen and oxygen atoms in total. The number of anilines is 1. The van der Waals surface area contributed by atoms with Crippen molar-refractivity contribution in [3.05, 3.63) is 17.0 Å². The van der Waals surface area contributed by atoms with Gasteiger partial charge in [0.05, 0.1) is 0 Å². The summed E-state index contributed by atoms with van der Waals surface area (Å²) in [5.74, 6) is 1.56. The molecular weight excluding hydrogens is 280 g/mol. The standard InChI is InChI=1S/C13H21ClN4O2/c1-9(2)7-16-13(19)4-5-15-11-6-10(14)17-12(18-11)8-20-3/h6,9H,4-5,7-8H2,1-3H3,(H,16,19)(H,15,17,18). The lowest BCUT2D eigenvalue weighted by Gasteiger charge is -2.09. The molecule has 2 N–H and O–H groups in total. The third-order valence-corrected chi connectivity index (χ3v) is 2.57. The first-order valence-electron chi connectivity index (χ1n) is 6.54. The Bertz CT molecular complexity index is 440. The van der Waals surface area contributed by atoms with Crippen LogP contribution in [0.2, 0.25) is 5.15 Å². The molecule has 0 aliphatic rings. The van der Waals surface area contributed by atoms with Gasteiger partial charge in [-0.15, -0.1) is 0 Å². The Morgan fingerprint density at radius 3 is 2.85 bits per heavy atom. The van der Waals surface area contributed by atoms with Gasteiger partial charge in [-0.25, -0.2) is 9.97 Å². The van der Waals surface area contributed by atoms with E-state index in [1.807, 2.05) is 0 Å². The summed E-state index contributed by atoms with van der Waals surface area (Å²) >= 11 is 5.89. The number of nitrogens with zero attached hydrogens (tertiary/aromatic N) is 2. The van der Waals surface area contributed by atoms with E-state index in [9.17, 15) is 4.79 Å². The smallest absolute Gasteiger partial charge is 0.221 e. The predicted molar refractivity (Wildman–Crippen MR) is 78.7 cm³/mol. The van der Waals surface area contributed by atoms with E-state index in [4.69, 9.17) is 16.3 Å². The lowest BCUT2D eigenvalue weighted by Crippen LogP contribution is -2.28. The molecule has 0 unspecified atom stereocenters. The van der Waals surface area contributed by atoms with Crippen LogP contribution in [0, 0.1) is 5.92 Å². The zero-order chi connectivity index (χ0) is 15.0. The maximum absolute atomic E-state index is 11.5. The monoisotopic (exact) mass is 300 g/mol. The zero-order valence-corrected chi connectivity index (χ0v) is 12.8. The molecule has 1 amide bonds. The summed E-state index contributed by atoms with van der Waals surface area (Å²) in [6, 6.07) is 1.62. The molecule has 112 valence electrons. The fourth-order valence-corrected chi connectivity index (χ4v) is 1.66. The first kappa shape index (κ1) is 16.7. The summed E-state index contributed by atoms with van der Waals surface area (Å²) in [6.45, 7) is 5.58. The molecule has 0 aliphatic heterocycles. The van der Waals surface area contributed by atoms with Crippen LogP contribution in [0.1, 0.15) is 26.1 Å². The molecule has 1 rings (SSSR count). The summed E-state index contributed by atoms with van der Waals surface area (Å²) in [6.07, 6.45) is 0.383. The molecule has 0 fully saturated rings. The minimum Gasteiger partial charge on any atom is -0.377 e. The van der Waals surface area contributed by atoms with Crippen molar-refractivity contribution in [3.63, 3.8) is 0 Å². The Balaban J connectivity index is 2.39. The average molecular weight is 301 g/mol. The first-order chi connectivity index (χ1) is 9.51. The largest absolute Gasteiger partial charge is 0.377 e. The van der Waals surface area contributed by atoms with Crippen molar-refractivity contribution in [1.29, 1.82) is 0 Å². The Labute approximate surface area is 124 Å². The van der Waals surface area contributed by atoms with Crippen LogP contribution in [0.15, 0.2) is 6.07 Å². The van der Waals surface area contributed by atoms with Crippen LogP contribution >= 0.6 is 11.6 Å². The van der Waals surface area contributed by atoms with Crippen LogP contribution in [0.5, 0.6) is 0 Å². The number of amides is 1. The average Bonchev–Trinajstić information content (AvgIpc) is 2.36. The Kier molecular flexibility index (Phi) is 7.25. The van der Waals surface area contributed by atoms with E-state index in [0.29, 0.717) is 48.8 Å². The summed E-state index contributed by atoms with van der Waals surface area (Å²) in [5.41, 5.74) is 0. The van der Waals surface area contributed by atoms with Gasteiger partial charge in [0, 0.05) is 32.7 Å². The second-order valence-electron chi connectivity index (χ2n) is 4.80. The number of methoxy groups -OCH3 is 1. The van der Waals surface area contributed by atoms with Crippen molar-refractivity contribution in [3.8, 4) is 0 Å². The zero-order valence-electron chi connectivity index (χ0n) is 12.1. The van der Waals surface area contributed by atoms with Crippen LogP contribution in [0.4, 0.5) is 5.82 Å².